The minimum atomic E-state index is -0.460. The molecule has 1 aliphatic rings. The van der Waals surface area contributed by atoms with Crippen LogP contribution in [0, 0.1) is 10.1 Å². The lowest BCUT2D eigenvalue weighted by Gasteiger charge is -2.28. The fourth-order valence-corrected chi connectivity index (χ4v) is 4.79. The summed E-state index contributed by atoms with van der Waals surface area (Å²) in [5.74, 6) is -0.460. The van der Waals surface area contributed by atoms with Crippen molar-refractivity contribution in [3.8, 4) is 0 Å². The van der Waals surface area contributed by atoms with Crippen LogP contribution in [-0.4, -0.2) is 4.92 Å². The Bertz CT molecular complexity index is 1700. The summed E-state index contributed by atoms with van der Waals surface area (Å²) in [6.45, 7) is 0. The van der Waals surface area contributed by atoms with Crippen LogP contribution in [0.25, 0.3) is 27.8 Å². The lowest BCUT2D eigenvalue weighted by atomic mass is 9.82. The molecule has 0 amide bonds. The Balaban J connectivity index is 1.65. The molecule has 0 spiro atoms. The van der Waals surface area contributed by atoms with Gasteiger partial charge in [0.05, 0.1) is 21.7 Å². The molecule has 1 unspecified atom stereocenters. The van der Waals surface area contributed by atoms with Crippen molar-refractivity contribution < 1.29 is 9.34 Å². The molecule has 0 saturated heterocycles. The molecule has 2 heterocycles. The Hall–Kier alpha value is -4.71. The molecule has 4 aromatic carbocycles. The van der Waals surface area contributed by atoms with Crippen molar-refractivity contribution in [3.63, 3.8) is 0 Å². The second-order valence-corrected chi connectivity index (χ2v) is 8.20. The van der Waals surface area contributed by atoms with Gasteiger partial charge in [0.15, 0.2) is 0 Å². The summed E-state index contributed by atoms with van der Waals surface area (Å²) < 4.78 is 5.69. The van der Waals surface area contributed by atoms with Gasteiger partial charge in [0.1, 0.15) is 5.58 Å². The first-order valence-corrected chi connectivity index (χ1v) is 10.9. The van der Waals surface area contributed by atoms with Gasteiger partial charge >= 0.3 is 5.63 Å². The fourth-order valence-electron chi connectivity index (χ4n) is 4.79. The van der Waals surface area contributed by atoms with Gasteiger partial charge < -0.3 is 9.73 Å². The first kappa shape index (κ1) is 19.9. The van der Waals surface area contributed by atoms with E-state index in [1.54, 1.807) is 30.3 Å². The molecule has 0 saturated carbocycles. The van der Waals surface area contributed by atoms with E-state index in [4.69, 9.17) is 4.42 Å². The Morgan fingerprint density at radius 1 is 0.853 bits per heavy atom. The van der Waals surface area contributed by atoms with Gasteiger partial charge in [-0.25, -0.2) is 4.79 Å². The van der Waals surface area contributed by atoms with Crippen molar-refractivity contribution in [3.05, 3.63) is 128 Å². The normalized spacial score (nSPS) is 14.6. The summed E-state index contributed by atoms with van der Waals surface area (Å²) in [7, 11) is 0. The van der Waals surface area contributed by atoms with Crippen molar-refractivity contribution >= 4 is 44.9 Å². The minimum Gasteiger partial charge on any atom is -0.422 e. The molecule has 1 N–H and O–H groups in total. The highest BCUT2D eigenvalue weighted by molar-refractivity contribution is 6.00. The zero-order valence-corrected chi connectivity index (χ0v) is 17.9. The van der Waals surface area contributed by atoms with E-state index in [0.717, 1.165) is 27.4 Å². The summed E-state index contributed by atoms with van der Waals surface area (Å²) in [5.41, 5.74) is 3.56. The van der Waals surface area contributed by atoms with E-state index in [9.17, 15) is 14.9 Å². The quantitative estimate of drug-likeness (QED) is 0.188. The maximum absolute atomic E-state index is 13.3. The smallest absolute Gasteiger partial charge is 0.342 e. The van der Waals surface area contributed by atoms with Crippen LogP contribution >= 0.6 is 0 Å². The van der Waals surface area contributed by atoms with Crippen LogP contribution in [-0.2, 0) is 0 Å². The van der Waals surface area contributed by atoms with Gasteiger partial charge in [-0.05, 0) is 40.6 Å². The molecule has 6 heteroatoms. The number of hydrogen-bond donors (Lipinski definition) is 1. The van der Waals surface area contributed by atoms with E-state index in [-0.39, 0.29) is 5.69 Å². The highest BCUT2D eigenvalue weighted by Crippen LogP contribution is 2.46. The van der Waals surface area contributed by atoms with Gasteiger partial charge in [0.2, 0.25) is 0 Å². The van der Waals surface area contributed by atoms with E-state index in [0.29, 0.717) is 22.4 Å². The first-order valence-electron chi connectivity index (χ1n) is 10.9. The van der Waals surface area contributed by atoms with Crippen LogP contribution in [0.5, 0.6) is 0 Å². The molecule has 0 fully saturated rings. The van der Waals surface area contributed by atoms with Gasteiger partial charge in [-0.2, -0.15) is 0 Å². The minimum absolute atomic E-state index is 0.0107. The Morgan fingerprint density at radius 3 is 2.44 bits per heavy atom. The predicted molar refractivity (Wildman–Crippen MR) is 134 cm³/mol. The fraction of sp³-hybridized carbons (Fsp3) is 0.0357. The number of anilines is 2. The topological polar surface area (TPSA) is 85.4 Å². The highest BCUT2D eigenvalue weighted by atomic mass is 16.6. The second-order valence-electron chi connectivity index (χ2n) is 8.20. The molecule has 6 nitrogen and oxygen atoms in total. The third kappa shape index (κ3) is 3.08. The summed E-state index contributed by atoms with van der Waals surface area (Å²) in [6, 6.07) is 26.0. The number of nitrogens with one attached hydrogen (secondary N) is 1. The maximum atomic E-state index is 13.3. The maximum Gasteiger partial charge on any atom is 0.342 e. The molecule has 1 aliphatic heterocycles. The van der Waals surface area contributed by atoms with E-state index < -0.39 is 16.5 Å². The van der Waals surface area contributed by atoms with Gasteiger partial charge in [-0.3, -0.25) is 10.1 Å². The molecular formula is C28H18N2O4. The molecule has 5 aromatic rings. The summed E-state index contributed by atoms with van der Waals surface area (Å²) in [5, 5.41) is 17.9. The van der Waals surface area contributed by atoms with Crippen LogP contribution in [0.3, 0.4) is 0 Å². The predicted octanol–water partition coefficient (Wildman–Crippen LogP) is 6.76. The van der Waals surface area contributed by atoms with E-state index >= 15 is 0 Å². The average molecular weight is 446 g/mol. The molecule has 1 aromatic heterocycles. The standard InChI is InChI=1S/C28H18N2O4/c31-28-26-21(15-13-18-8-2-5-11-23(18)30(32)33)25-19-9-3-1-7-17(19)14-16-22(25)29-27(26)20-10-4-6-12-24(20)34-28/h1-16,21,29H. The highest BCUT2D eigenvalue weighted by Gasteiger charge is 2.31. The number of nitro benzene ring substituents is 1. The SMILES string of the molecule is O=c1oc2ccccc2c2c1C(C=Cc1ccccc1[N+](=O)[O-])c1c(ccc3ccccc13)N2. The number of nitrogens with zero attached hydrogens (tertiary/aromatic N) is 1. The second kappa shape index (κ2) is 7.71. The Kier molecular flexibility index (Phi) is 4.52. The van der Waals surface area contributed by atoms with E-state index in [1.165, 1.54) is 6.07 Å². The first-order chi connectivity index (χ1) is 16.6. The average Bonchev–Trinajstić information content (AvgIpc) is 2.86. The molecule has 34 heavy (non-hydrogen) atoms. The number of rotatable bonds is 3. The Labute approximate surface area is 193 Å². The van der Waals surface area contributed by atoms with Crippen LogP contribution in [0.15, 0.2) is 100 Å². The van der Waals surface area contributed by atoms with Gasteiger partial charge in [0.25, 0.3) is 5.69 Å². The summed E-state index contributed by atoms with van der Waals surface area (Å²) >= 11 is 0. The molecule has 1 atom stereocenters. The van der Waals surface area contributed by atoms with Crippen LogP contribution in [0.4, 0.5) is 17.1 Å². The molecule has 0 bridgehead atoms. The number of benzene rings is 4. The largest absolute Gasteiger partial charge is 0.422 e. The monoisotopic (exact) mass is 446 g/mol. The Morgan fingerprint density at radius 2 is 1.59 bits per heavy atom. The van der Waals surface area contributed by atoms with Gasteiger partial charge in [-0.1, -0.05) is 66.7 Å². The molecular weight excluding hydrogens is 428 g/mol. The summed E-state index contributed by atoms with van der Waals surface area (Å²) in [4.78, 5) is 24.4. The van der Waals surface area contributed by atoms with E-state index in [2.05, 4.69) is 5.32 Å². The number of nitro groups is 1. The van der Waals surface area contributed by atoms with Crippen molar-refractivity contribution in [1.82, 2.24) is 0 Å². The van der Waals surface area contributed by atoms with Crippen molar-refractivity contribution in [2.45, 2.75) is 5.92 Å². The van der Waals surface area contributed by atoms with Gasteiger partial charge in [-0.15, -0.1) is 0 Å². The number of hydrogen-bond acceptors (Lipinski definition) is 5. The third-order valence-corrected chi connectivity index (χ3v) is 6.30. The summed E-state index contributed by atoms with van der Waals surface area (Å²) in [6.07, 6.45) is 3.58. The lowest BCUT2D eigenvalue weighted by Crippen LogP contribution is -2.21. The number of allylic oxidation sites excluding steroid dienone is 1. The lowest BCUT2D eigenvalue weighted by molar-refractivity contribution is -0.385. The van der Waals surface area contributed by atoms with Crippen molar-refractivity contribution in [1.29, 1.82) is 0 Å². The van der Waals surface area contributed by atoms with Crippen LogP contribution < -0.4 is 10.9 Å². The van der Waals surface area contributed by atoms with E-state index in [1.807, 2.05) is 60.7 Å². The molecule has 0 aliphatic carbocycles. The zero-order valence-electron chi connectivity index (χ0n) is 17.9. The van der Waals surface area contributed by atoms with Gasteiger partial charge in [0, 0.05) is 23.1 Å². The zero-order chi connectivity index (χ0) is 23.2. The van der Waals surface area contributed by atoms with Crippen LogP contribution in [0.1, 0.15) is 22.6 Å². The third-order valence-electron chi connectivity index (χ3n) is 6.30. The number of fused-ring (bicyclic) bond motifs is 6. The molecule has 6 rings (SSSR count). The van der Waals surface area contributed by atoms with Crippen molar-refractivity contribution in [2.24, 2.45) is 0 Å². The van der Waals surface area contributed by atoms with Crippen LogP contribution in [0.2, 0.25) is 0 Å². The molecule has 0 radical (unpaired) electrons. The molecule has 164 valence electrons. The van der Waals surface area contributed by atoms with Crippen molar-refractivity contribution in [2.75, 3.05) is 5.32 Å². The number of para-hydroxylation sites is 2.